The minimum Gasteiger partial charge on any atom is -0.494 e. The Bertz CT molecular complexity index is 2570. The van der Waals surface area contributed by atoms with Crippen LogP contribution in [-0.2, 0) is 21.9 Å². The number of anilines is 2. The fourth-order valence-electron chi connectivity index (χ4n) is 7.42. The third-order valence-corrected chi connectivity index (χ3v) is 11.1. The minimum atomic E-state index is -3.55. The van der Waals surface area contributed by atoms with Crippen molar-refractivity contribution in [2.24, 2.45) is 5.73 Å². The maximum Gasteiger partial charge on any atom is 0.188 e. The molecule has 1 heterocycles. The van der Waals surface area contributed by atoms with Crippen molar-refractivity contribution in [2.75, 3.05) is 17.8 Å². The van der Waals surface area contributed by atoms with Gasteiger partial charge in [-0.05, 0) is 73.9 Å². The number of hydrogen-bond donors (Lipinski definition) is 2. The van der Waals surface area contributed by atoms with Crippen LogP contribution in [0.3, 0.4) is 0 Å². The number of nitrogens with one attached hydrogen (secondary N) is 1. The van der Waals surface area contributed by atoms with Gasteiger partial charge in [-0.3, -0.25) is 5.41 Å². The Morgan fingerprint density at radius 1 is 0.831 bits per heavy atom. The third kappa shape index (κ3) is 8.33. The highest BCUT2D eigenvalue weighted by atomic mass is 32.2. The van der Waals surface area contributed by atoms with Gasteiger partial charge in [0.1, 0.15) is 22.9 Å². The summed E-state index contributed by atoms with van der Waals surface area (Å²) in [4.78, 5) is 7.29. The molecule has 0 amide bonds. The first-order valence-electron chi connectivity index (χ1n) is 19.3. The monoisotopic (exact) mass is 807 g/mol. The summed E-state index contributed by atoms with van der Waals surface area (Å²) in [5.41, 5.74) is 9.98. The molecule has 0 aliphatic heterocycles. The van der Waals surface area contributed by atoms with Crippen LogP contribution >= 0.6 is 0 Å². The average molecular weight is 808 g/mol. The molecule has 0 aliphatic carbocycles. The van der Waals surface area contributed by atoms with Gasteiger partial charge in [-0.1, -0.05) is 103 Å². The van der Waals surface area contributed by atoms with Crippen LogP contribution < -0.4 is 20.1 Å². The Labute approximate surface area is 345 Å². The van der Waals surface area contributed by atoms with Gasteiger partial charge >= 0.3 is 0 Å². The SMILES string of the molecule is CCOc1cc(OC(C)C)c(F)c(N(Cc2nc(-c3cccc(S(C)(=O)=O)c3)cn2C(c2ccccc2)(c2ccccc2)c2ccccc2)c2ccc(C(=N)N)cc2)c1. The zero-order chi connectivity index (χ0) is 41.7. The molecule has 1 aromatic heterocycles. The molecule has 6 aromatic carbocycles. The van der Waals surface area contributed by atoms with Crippen molar-refractivity contribution in [1.82, 2.24) is 9.55 Å². The van der Waals surface area contributed by atoms with Crippen LogP contribution in [0.4, 0.5) is 15.8 Å². The molecule has 0 radical (unpaired) electrons. The summed E-state index contributed by atoms with van der Waals surface area (Å²) in [5, 5.41) is 8.06. The second-order valence-electron chi connectivity index (χ2n) is 14.4. The number of rotatable bonds is 15. The standard InChI is InChI=1S/C48H46FN5O4S/c1-5-57-40-29-43(46(49)44(30-40)58-33(2)3)53(39-26-24-34(25-27-39)47(50)51)32-45-52-42(35-16-15-23-41(28-35)59(4,55)56)31-54(45)48(36-17-9-6-10-18-36,37-19-11-7-12-20-37)38-21-13-8-14-22-38/h6-31,33H,5,32H2,1-4H3,(H3,50,51). The predicted molar refractivity (Wildman–Crippen MR) is 232 cm³/mol. The topological polar surface area (TPSA) is 124 Å². The van der Waals surface area contributed by atoms with Gasteiger partial charge in [0, 0.05) is 41.4 Å². The molecule has 0 atom stereocenters. The summed E-state index contributed by atoms with van der Waals surface area (Å²) in [6.07, 6.45) is 2.80. The Morgan fingerprint density at radius 3 is 1.92 bits per heavy atom. The number of nitrogen functional groups attached to an aromatic ring is 1. The lowest BCUT2D eigenvalue weighted by Gasteiger charge is -2.39. The molecular formula is C48H46FN5O4S. The van der Waals surface area contributed by atoms with E-state index in [1.807, 2.05) is 87.6 Å². The number of sulfone groups is 1. The zero-order valence-corrected chi connectivity index (χ0v) is 34.2. The van der Waals surface area contributed by atoms with Gasteiger partial charge in [0.05, 0.1) is 35.5 Å². The normalized spacial score (nSPS) is 11.7. The van der Waals surface area contributed by atoms with Gasteiger partial charge in [-0.15, -0.1) is 0 Å². The molecule has 0 bridgehead atoms. The van der Waals surface area contributed by atoms with Crippen LogP contribution in [0.15, 0.2) is 163 Å². The second kappa shape index (κ2) is 17.0. The number of nitrogens with two attached hydrogens (primary N) is 1. The summed E-state index contributed by atoms with van der Waals surface area (Å²) in [6.45, 7) is 5.87. The van der Waals surface area contributed by atoms with Crippen molar-refractivity contribution in [1.29, 1.82) is 5.41 Å². The highest BCUT2D eigenvalue weighted by molar-refractivity contribution is 7.90. The smallest absolute Gasteiger partial charge is 0.188 e. The van der Waals surface area contributed by atoms with Crippen LogP contribution in [0.2, 0.25) is 0 Å². The Hall–Kier alpha value is -6.72. The van der Waals surface area contributed by atoms with Crippen LogP contribution in [0.1, 0.15) is 48.8 Å². The molecule has 0 saturated carbocycles. The maximum absolute atomic E-state index is 17.1. The van der Waals surface area contributed by atoms with Crippen molar-refractivity contribution >= 4 is 27.0 Å². The van der Waals surface area contributed by atoms with E-state index in [-0.39, 0.29) is 34.8 Å². The van der Waals surface area contributed by atoms with Crippen LogP contribution in [0.5, 0.6) is 11.5 Å². The second-order valence-corrected chi connectivity index (χ2v) is 16.4. The number of halogens is 1. The highest BCUT2D eigenvalue weighted by Gasteiger charge is 2.41. The van der Waals surface area contributed by atoms with Gasteiger partial charge in [0.15, 0.2) is 21.4 Å². The molecule has 0 fully saturated rings. The summed E-state index contributed by atoms with van der Waals surface area (Å²) in [5.74, 6) is 0.260. The summed E-state index contributed by atoms with van der Waals surface area (Å²) >= 11 is 0. The Kier molecular flexibility index (Phi) is 11.7. The maximum atomic E-state index is 17.1. The van der Waals surface area contributed by atoms with Crippen molar-refractivity contribution in [3.05, 3.63) is 192 Å². The molecular weight excluding hydrogens is 762 g/mol. The number of aromatic nitrogens is 2. The lowest BCUT2D eigenvalue weighted by atomic mass is 9.76. The number of imidazole rings is 1. The number of ether oxygens (including phenoxy) is 2. The van der Waals surface area contributed by atoms with E-state index in [1.165, 1.54) is 6.26 Å². The van der Waals surface area contributed by atoms with Gasteiger partial charge in [-0.25, -0.2) is 17.8 Å². The number of nitrogens with zero attached hydrogens (tertiary/aromatic N) is 3. The molecule has 9 nitrogen and oxygen atoms in total. The average Bonchev–Trinajstić information content (AvgIpc) is 3.66. The minimum absolute atomic E-state index is 0.00700. The lowest BCUT2D eigenvalue weighted by Crippen LogP contribution is -2.39. The molecule has 0 spiro atoms. The fourth-order valence-corrected chi connectivity index (χ4v) is 8.09. The zero-order valence-electron chi connectivity index (χ0n) is 33.3. The predicted octanol–water partition coefficient (Wildman–Crippen LogP) is 9.74. The third-order valence-electron chi connectivity index (χ3n) is 10.0. The number of amidine groups is 1. The summed E-state index contributed by atoms with van der Waals surface area (Å²) in [7, 11) is -3.55. The highest BCUT2D eigenvalue weighted by Crippen LogP contribution is 2.44. The summed E-state index contributed by atoms with van der Waals surface area (Å²) < 4.78 is 56.8. The van der Waals surface area contributed by atoms with E-state index in [2.05, 4.69) is 41.0 Å². The largest absolute Gasteiger partial charge is 0.494 e. The van der Waals surface area contributed by atoms with Crippen molar-refractivity contribution < 1.29 is 22.3 Å². The summed E-state index contributed by atoms with van der Waals surface area (Å²) in [6, 6.07) is 47.3. The fraction of sp³-hybridized carbons (Fsp3) is 0.167. The molecule has 3 N–H and O–H groups in total. The van der Waals surface area contributed by atoms with E-state index in [0.29, 0.717) is 40.7 Å². The lowest BCUT2D eigenvalue weighted by molar-refractivity contribution is 0.229. The van der Waals surface area contributed by atoms with E-state index in [1.54, 1.807) is 59.5 Å². The van der Waals surface area contributed by atoms with Gasteiger partial charge in [0.2, 0.25) is 0 Å². The van der Waals surface area contributed by atoms with Gasteiger partial charge in [0.25, 0.3) is 0 Å². The van der Waals surface area contributed by atoms with Gasteiger partial charge < -0.3 is 24.7 Å². The number of benzene rings is 6. The van der Waals surface area contributed by atoms with Crippen LogP contribution in [-0.4, -0.2) is 42.8 Å². The van der Waals surface area contributed by atoms with Crippen molar-refractivity contribution in [3.63, 3.8) is 0 Å². The van der Waals surface area contributed by atoms with Crippen molar-refractivity contribution in [3.8, 4) is 22.8 Å². The quantitative estimate of drug-likeness (QED) is 0.0601. The van der Waals surface area contributed by atoms with Crippen molar-refractivity contribution in [2.45, 2.75) is 43.9 Å². The first-order valence-corrected chi connectivity index (χ1v) is 21.2. The molecule has 0 aliphatic rings. The molecule has 59 heavy (non-hydrogen) atoms. The van der Waals surface area contributed by atoms with E-state index >= 15 is 4.39 Å². The first kappa shape index (κ1) is 40.5. The molecule has 7 rings (SSSR count). The van der Waals surface area contributed by atoms with E-state index in [0.717, 1.165) is 16.7 Å². The van der Waals surface area contributed by atoms with E-state index in [9.17, 15) is 8.42 Å². The van der Waals surface area contributed by atoms with Crippen LogP contribution in [0, 0.1) is 11.2 Å². The number of hydrogen-bond acceptors (Lipinski definition) is 7. The molecule has 0 unspecified atom stereocenters. The molecule has 7 aromatic rings. The van der Waals surface area contributed by atoms with E-state index < -0.39 is 21.2 Å². The molecule has 300 valence electrons. The Balaban J connectivity index is 1.57. The first-order chi connectivity index (χ1) is 28.4. The Morgan fingerprint density at radius 2 is 1.41 bits per heavy atom. The van der Waals surface area contributed by atoms with E-state index in [4.69, 9.17) is 25.6 Å². The van der Waals surface area contributed by atoms with Crippen LogP contribution in [0.25, 0.3) is 11.3 Å². The van der Waals surface area contributed by atoms with Gasteiger partial charge in [-0.2, -0.15) is 0 Å². The molecule has 0 saturated heterocycles. The molecule has 11 heteroatoms.